The molecule has 94 valence electrons. The minimum atomic E-state index is -0.273. The summed E-state index contributed by atoms with van der Waals surface area (Å²) in [5.41, 5.74) is 1.18. The van der Waals surface area contributed by atoms with Gasteiger partial charge in [-0.05, 0) is 30.4 Å². The predicted octanol–water partition coefficient (Wildman–Crippen LogP) is 3.06. The lowest BCUT2D eigenvalue weighted by Crippen LogP contribution is -2.45. The highest BCUT2D eigenvalue weighted by atomic mass is 16.3. The van der Waals surface area contributed by atoms with Crippen molar-refractivity contribution in [3.05, 3.63) is 30.3 Å². The van der Waals surface area contributed by atoms with E-state index in [9.17, 15) is 5.11 Å². The largest absolute Gasteiger partial charge is 0.390 e. The molecular formula is C15H23NO. The Labute approximate surface area is 104 Å². The number of nitrogens with zero attached hydrogens (tertiary/aromatic N) is 1. The number of hydrogen-bond acceptors (Lipinski definition) is 2. The van der Waals surface area contributed by atoms with Crippen molar-refractivity contribution in [1.82, 2.24) is 0 Å². The maximum absolute atomic E-state index is 10.5. The summed E-state index contributed by atoms with van der Waals surface area (Å²) in [5, 5.41) is 10.5. The van der Waals surface area contributed by atoms with E-state index in [0.29, 0.717) is 0 Å². The second kappa shape index (κ2) is 4.69. The van der Waals surface area contributed by atoms with Crippen molar-refractivity contribution in [2.45, 2.75) is 45.8 Å². The van der Waals surface area contributed by atoms with E-state index in [1.165, 1.54) is 12.1 Å². The average Bonchev–Trinajstić information content (AvgIpc) is 2.76. The molecule has 1 aromatic carbocycles. The van der Waals surface area contributed by atoms with Gasteiger partial charge < -0.3 is 10.0 Å². The second-order valence-corrected chi connectivity index (χ2v) is 6.05. The maximum atomic E-state index is 10.5. The number of rotatable bonds is 2. The monoisotopic (exact) mass is 233 g/mol. The predicted molar refractivity (Wildman–Crippen MR) is 72.3 cm³/mol. The Morgan fingerprint density at radius 3 is 2.47 bits per heavy atom. The normalized spacial score (nSPS) is 22.8. The zero-order valence-corrected chi connectivity index (χ0v) is 11.1. The van der Waals surface area contributed by atoms with Crippen LogP contribution in [0.25, 0.3) is 0 Å². The first kappa shape index (κ1) is 12.4. The fraction of sp³-hybridized carbons (Fsp3) is 0.600. The number of para-hydroxylation sites is 1. The van der Waals surface area contributed by atoms with Crippen LogP contribution in [0.3, 0.4) is 0 Å². The Kier molecular flexibility index (Phi) is 3.43. The van der Waals surface area contributed by atoms with Crippen LogP contribution >= 0.6 is 0 Å². The number of anilines is 1. The molecule has 2 atom stereocenters. The van der Waals surface area contributed by atoms with E-state index in [1.807, 2.05) is 6.07 Å². The van der Waals surface area contributed by atoms with Gasteiger partial charge in [-0.2, -0.15) is 0 Å². The Hall–Kier alpha value is -1.02. The van der Waals surface area contributed by atoms with Crippen molar-refractivity contribution in [3.63, 3.8) is 0 Å². The van der Waals surface area contributed by atoms with Gasteiger partial charge in [0.1, 0.15) is 0 Å². The lowest BCUT2D eigenvalue weighted by Gasteiger charge is -2.37. The maximum Gasteiger partial charge on any atom is 0.0791 e. The van der Waals surface area contributed by atoms with E-state index in [0.717, 1.165) is 13.0 Å². The van der Waals surface area contributed by atoms with Gasteiger partial charge in [-0.25, -0.2) is 0 Å². The van der Waals surface area contributed by atoms with Gasteiger partial charge in [0.2, 0.25) is 0 Å². The Balaban J connectivity index is 2.19. The zero-order valence-electron chi connectivity index (χ0n) is 11.1. The number of hydrogen-bond donors (Lipinski definition) is 1. The zero-order chi connectivity index (χ0) is 12.5. The summed E-state index contributed by atoms with van der Waals surface area (Å²) in [6, 6.07) is 10.7. The lowest BCUT2D eigenvalue weighted by molar-refractivity contribution is 0.0416. The van der Waals surface area contributed by atoms with Gasteiger partial charge in [0, 0.05) is 12.2 Å². The number of aliphatic hydroxyl groups is 1. The average molecular weight is 233 g/mol. The van der Waals surface area contributed by atoms with E-state index in [-0.39, 0.29) is 17.6 Å². The molecule has 0 aliphatic carbocycles. The molecule has 0 bridgehead atoms. The molecule has 2 heteroatoms. The van der Waals surface area contributed by atoms with Crippen LogP contribution < -0.4 is 4.90 Å². The van der Waals surface area contributed by atoms with Gasteiger partial charge in [-0.1, -0.05) is 39.0 Å². The highest BCUT2D eigenvalue weighted by Gasteiger charge is 2.36. The second-order valence-electron chi connectivity index (χ2n) is 6.05. The van der Waals surface area contributed by atoms with E-state index < -0.39 is 0 Å². The smallest absolute Gasteiger partial charge is 0.0791 e. The first-order valence-electron chi connectivity index (χ1n) is 6.50. The SMILES string of the molecule is CC(C)(C)C(O)C1CCCN1c1ccccc1. The molecule has 0 radical (unpaired) electrons. The molecule has 2 rings (SSSR count). The van der Waals surface area contributed by atoms with Crippen LogP contribution in [0.5, 0.6) is 0 Å². The summed E-state index contributed by atoms with van der Waals surface area (Å²) in [6.07, 6.45) is 1.99. The molecule has 0 saturated carbocycles. The molecule has 0 spiro atoms. The highest BCUT2D eigenvalue weighted by Crippen LogP contribution is 2.33. The minimum Gasteiger partial charge on any atom is -0.390 e. The third-order valence-electron chi connectivity index (χ3n) is 3.64. The molecule has 1 saturated heterocycles. The standard InChI is InChI=1S/C15H23NO/c1-15(2,3)14(17)13-10-7-11-16(13)12-8-5-4-6-9-12/h4-6,8-9,13-14,17H,7,10-11H2,1-3H3. The van der Waals surface area contributed by atoms with Crippen LogP contribution in [0.15, 0.2) is 30.3 Å². The molecule has 1 N–H and O–H groups in total. The van der Waals surface area contributed by atoms with Crippen molar-refractivity contribution in [3.8, 4) is 0 Å². The Bertz CT molecular complexity index is 355. The van der Waals surface area contributed by atoms with Crippen molar-refractivity contribution in [2.75, 3.05) is 11.4 Å². The molecule has 1 fully saturated rings. The van der Waals surface area contributed by atoms with Crippen LogP contribution in [0, 0.1) is 5.41 Å². The van der Waals surface area contributed by atoms with E-state index >= 15 is 0 Å². The van der Waals surface area contributed by atoms with Gasteiger partial charge in [0.15, 0.2) is 0 Å². The summed E-state index contributed by atoms with van der Waals surface area (Å²) in [4.78, 5) is 2.36. The van der Waals surface area contributed by atoms with Crippen LogP contribution in [0.2, 0.25) is 0 Å². The van der Waals surface area contributed by atoms with Gasteiger partial charge in [0.05, 0.1) is 12.1 Å². The quantitative estimate of drug-likeness (QED) is 0.848. The summed E-state index contributed by atoms with van der Waals surface area (Å²) in [6.45, 7) is 7.39. The molecule has 0 aromatic heterocycles. The first-order valence-corrected chi connectivity index (χ1v) is 6.50. The van der Waals surface area contributed by atoms with Crippen molar-refractivity contribution in [2.24, 2.45) is 5.41 Å². The van der Waals surface area contributed by atoms with Gasteiger partial charge >= 0.3 is 0 Å². The molecular weight excluding hydrogens is 210 g/mol. The van der Waals surface area contributed by atoms with Crippen molar-refractivity contribution >= 4 is 5.69 Å². The molecule has 2 unspecified atom stereocenters. The van der Waals surface area contributed by atoms with Gasteiger partial charge in [0.25, 0.3) is 0 Å². The number of benzene rings is 1. The Morgan fingerprint density at radius 1 is 1.24 bits per heavy atom. The van der Waals surface area contributed by atoms with E-state index in [4.69, 9.17) is 0 Å². The third-order valence-corrected chi connectivity index (χ3v) is 3.64. The van der Waals surface area contributed by atoms with Crippen molar-refractivity contribution in [1.29, 1.82) is 0 Å². The van der Waals surface area contributed by atoms with Gasteiger partial charge in [-0.15, -0.1) is 0 Å². The fourth-order valence-electron chi connectivity index (χ4n) is 2.64. The molecule has 17 heavy (non-hydrogen) atoms. The van der Waals surface area contributed by atoms with Crippen LogP contribution in [0.1, 0.15) is 33.6 Å². The summed E-state index contributed by atoms with van der Waals surface area (Å²) < 4.78 is 0. The van der Waals surface area contributed by atoms with Crippen molar-refractivity contribution < 1.29 is 5.11 Å². The fourth-order valence-corrected chi connectivity index (χ4v) is 2.64. The van der Waals surface area contributed by atoms with Crippen LogP contribution in [0.4, 0.5) is 5.69 Å². The summed E-state index contributed by atoms with van der Waals surface area (Å²) >= 11 is 0. The topological polar surface area (TPSA) is 23.5 Å². The summed E-state index contributed by atoms with van der Waals surface area (Å²) in [7, 11) is 0. The van der Waals surface area contributed by atoms with Crippen LogP contribution in [-0.4, -0.2) is 23.8 Å². The van der Waals surface area contributed by atoms with E-state index in [1.54, 1.807) is 0 Å². The third kappa shape index (κ3) is 2.63. The van der Waals surface area contributed by atoms with Crippen LogP contribution in [-0.2, 0) is 0 Å². The Morgan fingerprint density at radius 2 is 1.88 bits per heavy atom. The molecule has 1 heterocycles. The molecule has 2 nitrogen and oxygen atoms in total. The molecule has 1 aliphatic heterocycles. The molecule has 1 aliphatic rings. The summed E-state index contributed by atoms with van der Waals surface area (Å²) in [5.74, 6) is 0. The van der Waals surface area contributed by atoms with Gasteiger partial charge in [-0.3, -0.25) is 0 Å². The number of aliphatic hydroxyl groups excluding tert-OH is 1. The first-order chi connectivity index (χ1) is 8.00. The minimum absolute atomic E-state index is 0.0535. The molecule has 0 amide bonds. The molecule has 1 aromatic rings. The van der Waals surface area contributed by atoms with E-state index in [2.05, 4.69) is 49.9 Å². The lowest BCUT2D eigenvalue weighted by atomic mass is 9.83. The highest BCUT2D eigenvalue weighted by molar-refractivity contribution is 5.48.